The molecule has 5 nitrogen and oxygen atoms in total. The Balaban J connectivity index is 2.30. The second-order valence-electron chi connectivity index (χ2n) is 5.19. The smallest absolute Gasteiger partial charge is 0.246 e. The highest BCUT2D eigenvalue weighted by atomic mass is 19.1. The van der Waals surface area contributed by atoms with Crippen LogP contribution in [0.5, 0.6) is 0 Å². The Labute approximate surface area is 110 Å². The van der Waals surface area contributed by atoms with Crippen molar-refractivity contribution in [2.24, 2.45) is 0 Å². The number of carbonyl (C=O) groups is 2. The van der Waals surface area contributed by atoms with Crippen LogP contribution >= 0.6 is 0 Å². The van der Waals surface area contributed by atoms with Crippen LogP contribution in [-0.2, 0) is 16.1 Å². The SMILES string of the molecule is CC1NC(=O)C(C)(C)N(Cc2cncc(F)c2)C1=O. The lowest BCUT2D eigenvalue weighted by Gasteiger charge is -2.43. The van der Waals surface area contributed by atoms with Crippen molar-refractivity contribution in [3.63, 3.8) is 0 Å². The van der Waals surface area contributed by atoms with E-state index in [0.29, 0.717) is 5.56 Å². The van der Waals surface area contributed by atoms with Gasteiger partial charge in [0.2, 0.25) is 11.8 Å². The Kier molecular flexibility index (Phi) is 3.26. The number of rotatable bonds is 2. The van der Waals surface area contributed by atoms with Gasteiger partial charge in [-0.3, -0.25) is 14.6 Å². The first kappa shape index (κ1) is 13.5. The van der Waals surface area contributed by atoms with Crippen LogP contribution in [0.4, 0.5) is 4.39 Å². The number of carbonyl (C=O) groups excluding carboxylic acids is 2. The molecule has 0 radical (unpaired) electrons. The van der Waals surface area contributed by atoms with Crippen LogP contribution in [-0.4, -0.2) is 33.3 Å². The van der Waals surface area contributed by atoms with Crippen molar-refractivity contribution in [1.29, 1.82) is 0 Å². The summed E-state index contributed by atoms with van der Waals surface area (Å²) in [6, 6.07) is 0.745. The summed E-state index contributed by atoms with van der Waals surface area (Å²) >= 11 is 0. The van der Waals surface area contributed by atoms with E-state index >= 15 is 0 Å². The van der Waals surface area contributed by atoms with Crippen molar-refractivity contribution in [3.8, 4) is 0 Å². The van der Waals surface area contributed by atoms with E-state index in [1.807, 2.05) is 0 Å². The van der Waals surface area contributed by atoms with E-state index in [9.17, 15) is 14.0 Å². The minimum absolute atomic E-state index is 0.161. The van der Waals surface area contributed by atoms with Gasteiger partial charge < -0.3 is 10.2 Å². The fraction of sp³-hybridized carbons (Fsp3) is 0.462. The number of aromatic nitrogens is 1. The second-order valence-corrected chi connectivity index (χ2v) is 5.19. The van der Waals surface area contributed by atoms with Crippen LogP contribution in [0, 0.1) is 5.82 Å². The molecule has 0 bridgehead atoms. The summed E-state index contributed by atoms with van der Waals surface area (Å²) in [4.78, 5) is 29.3. The highest BCUT2D eigenvalue weighted by Crippen LogP contribution is 2.23. The van der Waals surface area contributed by atoms with Crippen molar-refractivity contribution in [3.05, 3.63) is 29.8 Å². The average Bonchev–Trinajstić information content (AvgIpc) is 2.33. The molecule has 0 aliphatic carbocycles. The van der Waals surface area contributed by atoms with Crippen molar-refractivity contribution in [2.45, 2.75) is 38.9 Å². The molecule has 1 N–H and O–H groups in total. The number of halogens is 1. The molecule has 1 aromatic heterocycles. The first-order valence-electron chi connectivity index (χ1n) is 6.04. The van der Waals surface area contributed by atoms with Crippen molar-refractivity contribution < 1.29 is 14.0 Å². The summed E-state index contributed by atoms with van der Waals surface area (Å²) in [5.74, 6) is -0.866. The number of nitrogens with one attached hydrogen (secondary N) is 1. The predicted molar refractivity (Wildman–Crippen MR) is 66.4 cm³/mol. The zero-order chi connectivity index (χ0) is 14.2. The van der Waals surface area contributed by atoms with Crippen LogP contribution in [0.25, 0.3) is 0 Å². The number of pyridine rings is 1. The molecule has 0 spiro atoms. The van der Waals surface area contributed by atoms with Crippen LogP contribution in [0.3, 0.4) is 0 Å². The molecular weight excluding hydrogens is 249 g/mol. The largest absolute Gasteiger partial charge is 0.343 e. The molecule has 1 aliphatic rings. The lowest BCUT2D eigenvalue weighted by atomic mass is 9.95. The summed E-state index contributed by atoms with van der Waals surface area (Å²) in [5, 5.41) is 2.63. The molecule has 102 valence electrons. The van der Waals surface area contributed by atoms with Gasteiger partial charge in [-0.05, 0) is 32.4 Å². The number of amides is 2. The Morgan fingerprint density at radius 3 is 2.74 bits per heavy atom. The fourth-order valence-corrected chi connectivity index (χ4v) is 2.07. The first-order valence-corrected chi connectivity index (χ1v) is 6.04. The number of hydrogen-bond acceptors (Lipinski definition) is 3. The van der Waals surface area contributed by atoms with Gasteiger partial charge in [0.05, 0.1) is 6.20 Å². The van der Waals surface area contributed by atoms with Crippen molar-refractivity contribution in [1.82, 2.24) is 15.2 Å². The Morgan fingerprint density at radius 2 is 2.11 bits per heavy atom. The fourth-order valence-electron chi connectivity index (χ4n) is 2.07. The van der Waals surface area contributed by atoms with Gasteiger partial charge in [-0.1, -0.05) is 0 Å². The van der Waals surface area contributed by atoms with Crippen LogP contribution in [0.2, 0.25) is 0 Å². The van der Waals surface area contributed by atoms with Gasteiger partial charge in [-0.2, -0.15) is 0 Å². The molecule has 1 unspecified atom stereocenters. The molecule has 1 saturated heterocycles. The lowest BCUT2D eigenvalue weighted by Crippen LogP contribution is -2.67. The Bertz CT molecular complexity index is 530. The molecule has 2 heterocycles. The van der Waals surface area contributed by atoms with Gasteiger partial charge >= 0.3 is 0 Å². The number of nitrogens with zero attached hydrogens (tertiary/aromatic N) is 2. The molecular formula is C13H16FN3O2. The second kappa shape index (κ2) is 4.60. The third kappa shape index (κ3) is 2.43. The van der Waals surface area contributed by atoms with Crippen molar-refractivity contribution >= 4 is 11.8 Å². The molecule has 2 rings (SSSR count). The number of piperazine rings is 1. The summed E-state index contributed by atoms with van der Waals surface area (Å²) in [6.07, 6.45) is 2.59. The minimum Gasteiger partial charge on any atom is -0.343 e. The molecule has 1 aliphatic heterocycles. The monoisotopic (exact) mass is 265 g/mol. The quantitative estimate of drug-likeness (QED) is 0.862. The topological polar surface area (TPSA) is 62.3 Å². The third-order valence-electron chi connectivity index (χ3n) is 3.32. The van der Waals surface area contributed by atoms with Gasteiger partial charge in [0.15, 0.2) is 0 Å². The molecule has 0 saturated carbocycles. The lowest BCUT2D eigenvalue weighted by molar-refractivity contribution is -0.155. The van der Waals surface area contributed by atoms with E-state index in [4.69, 9.17) is 0 Å². The van der Waals surface area contributed by atoms with Gasteiger partial charge in [0.1, 0.15) is 17.4 Å². The molecule has 2 amide bonds. The summed E-state index contributed by atoms with van der Waals surface area (Å²) in [5.41, 5.74) is -0.404. The first-order chi connectivity index (χ1) is 8.82. The summed E-state index contributed by atoms with van der Waals surface area (Å²) < 4.78 is 13.1. The summed E-state index contributed by atoms with van der Waals surface area (Å²) in [7, 11) is 0. The van der Waals surface area contributed by atoms with E-state index in [1.54, 1.807) is 20.8 Å². The highest BCUT2D eigenvalue weighted by Gasteiger charge is 2.44. The third-order valence-corrected chi connectivity index (χ3v) is 3.32. The van der Waals surface area contributed by atoms with Crippen LogP contribution < -0.4 is 5.32 Å². The highest BCUT2D eigenvalue weighted by molar-refractivity contribution is 5.99. The molecule has 1 fully saturated rings. The standard InChI is InChI=1S/C13H16FN3O2/c1-8-11(18)17(13(2,3)12(19)16-8)7-9-4-10(14)6-15-5-9/h4-6,8H,7H2,1-3H3,(H,16,19). The summed E-state index contributed by atoms with van der Waals surface area (Å²) in [6.45, 7) is 5.12. The van der Waals surface area contributed by atoms with Crippen LogP contribution in [0.1, 0.15) is 26.3 Å². The normalized spacial score (nSPS) is 22.3. The zero-order valence-electron chi connectivity index (χ0n) is 11.1. The van der Waals surface area contributed by atoms with Crippen LogP contribution in [0.15, 0.2) is 18.5 Å². The van der Waals surface area contributed by atoms with E-state index in [0.717, 1.165) is 6.20 Å². The van der Waals surface area contributed by atoms with Crippen molar-refractivity contribution in [2.75, 3.05) is 0 Å². The van der Waals surface area contributed by atoms with E-state index < -0.39 is 17.4 Å². The number of hydrogen-bond donors (Lipinski definition) is 1. The van der Waals surface area contributed by atoms with Gasteiger partial charge in [0, 0.05) is 12.7 Å². The Hall–Kier alpha value is -1.98. The van der Waals surface area contributed by atoms with E-state index in [2.05, 4.69) is 10.3 Å². The maximum absolute atomic E-state index is 13.1. The van der Waals surface area contributed by atoms with Gasteiger partial charge in [-0.25, -0.2) is 4.39 Å². The molecule has 0 aromatic carbocycles. The van der Waals surface area contributed by atoms with Gasteiger partial charge in [0.25, 0.3) is 0 Å². The maximum atomic E-state index is 13.1. The predicted octanol–water partition coefficient (Wildman–Crippen LogP) is 0.846. The van der Waals surface area contributed by atoms with Gasteiger partial charge in [-0.15, -0.1) is 0 Å². The molecule has 19 heavy (non-hydrogen) atoms. The van der Waals surface area contributed by atoms with E-state index in [1.165, 1.54) is 17.2 Å². The average molecular weight is 265 g/mol. The zero-order valence-corrected chi connectivity index (χ0v) is 11.1. The molecule has 1 aromatic rings. The molecule has 1 atom stereocenters. The minimum atomic E-state index is -0.962. The maximum Gasteiger partial charge on any atom is 0.246 e. The Morgan fingerprint density at radius 1 is 1.42 bits per heavy atom. The van der Waals surface area contributed by atoms with E-state index in [-0.39, 0.29) is 18.4 Å². The molecule has 6 heteroatoms.